The third kappa shape index (κ3) is 2.64. The molecule has 2 aromatic heterocycles. The lowest BCUT2D eigenvalue weighted by atomic mass is 10.2. The fourth-order valence-electron chi connectivity index (χ4n) is 2.81. The molecule has 2 N–H and O–H groups in total. The molecule has 0 atom stereocenters. The van der Waals surface area contributed by atoms with Gasteiger partial charge in [-0.15, -0.1) is 0 Å². The molecule has 4 aromatic rings. The van der Waals surface area contributed by atoms with E-state index in [1.807, 2.05) is 24.3 Å². The number of aromatic amines is 1. The predicted octanol–water partition coefficient (Wildman–Crippen LogP) is 3.18. The quantitative estimate of drug-likeness (QED) is 0.426. The molecule has 0 spiro atoms. The molecule has 26 heavy (non-hydrogen) atoms. The van der Waals surface area contributed by atoms with Crippen molar-refractivity contribution in [2.75, 3.05) is 5.75 Å². The number of halogens is 1. The molecular formula is C18H12FN3O3S. The topological polar surface area (TPSA) is 88.0 Å². The lowest BCUT2D eigenvalue weighted by Gasteiger charge is -2.12. The number of hydrogen-bond donors (Lipinski definition) is 2. The number of carboxylic acids is 1. The van der Waals surface area contributed by atoms with Crippen molar-refractivity contribution >= 4 is 39.7 Å². The summed E-state index contributed by atoms with van der Waals surface area (Å²) in [6.07, 6.45) is 0. The van der Waals surface area contributed by atoms with Crippen LogP contribution in [0, 0.1) is 5.82 Å². The van der Waals surface area contributed by atoms with E-state index in [-0.39, 0.29) is 22.1 Å². The molecule has 130 valence electrons. The van der Waals surface area contributed by atoms with E-state index in [9.17, 15) is 14.0 Å². The van der Waals surface area contributed by atoms with Gasteiger partial charge in [-0.3, -0.25) is 14.2 Å². The minimum absolute atomic E-state index is 0.0263. The first-order chi connectivity index (χ1) is 12.6. The average molecular weight is 369 g/mol. The Labute approximate surface area is 150 Å². The van der Waals surface area contributed by atoms with Gasteiger partial charge in [-0.25, -0.2) is 9.37 Å². The van der Waals surface area contributed by atoms with Gasteiger partial charge in [-0.2, -0.15) is 0 Å². The van der Waals surface area contributed by atoms with Crippen molar-refractivity contribution in [3.8, 4) is 5.69 Å². The zero-order valence-corrected chi connectivity index (χ0v) is 14.1. The average Bonchev–Trinajstić information content (AvgIpc) is 3.00. The van der Waals surface area contributed by atoms with Gasteiger partial charge in [0.15, 0.2) is 5.16 Å². The lowest BCUT2D eigenvalue weighted by Crippen LogP contribution is -2.23. The first-order valence-electron chi connectivity index (χ1n) is 7.69. The van der Waals surface area contributed by atoms with Crippen molar-refractivity contribution in [1.82, 2.24) is 14.5 Å². The number of benzene rings is 2. The molecule has 4 rings (SSSR count). The Balaban J connectivity index is 2.07. The van der Waals surface area contributed by atoms with Crippen LogP contribution in [0.3, 0.4) is 0 Å². The summed E-state index contributed by atoms with van der Waals surface area (Å²) in [4.78, 5) is 31.6. The standard InChI is InChI=1S/C18H12FN3O3S/c19-11-6-2-4-8-13(11)22-17(25)16-15(21-18(22)26-9-14(23)24)10-5-1-3-7-12(10)20-16/h1-8,20H,9H2,(H,23,24). The van der Waals surface area contributed by atoms with E-state index in [1.54, 1.807) is 6.07 Å². The van der Waals surface area contributed by atoms with Crippen LogP contribution in [-0.4, -0.2) is 31.4 Å². The molecule has 0 saturated heterocycles. The molecule has 6 nitrogen and oxygen atoms in total. The van der Waals surface area contributed by atoms with Crippen LogP contribution in [0.5, 0.6) is 0 Å². The van der Waals surface area contributed by atoms with E-state index in [1.165, 1.54) is 18.2 Å². The minimum atomic E-state index is -1.05. The van der Waals surface area contributed by atoms with E-state index in [0.29, 0.717) is 5.52 Å². The Morgan fingerprint density at radius 3 is 2.69 bits per heavy atom. The highest BCUT2D eigenvalue weighted by Crippen LogP contribution is 2.26. The van der Waals surface area contributed by atoms with Crippen LogP contribution < -0.4 is 5.56 Å². The number of H-pyrrole nitrogens is 1. The predicted molar refractivity (Wildman–Crippen MR) is 97.5 cm³/mol. The van der Waals surface area contributed by atoms with E-state index in [4.69, 9.17) is 5.11 Å². The number of nitrogens with one attached hydrogen (secondary N) is 1. The molecule has 0 aliphatic rings. The Morgan fingerprint density at radius 2 is 1.92 bits per heavy atom. The van der Waals surface area contributed by atoms with Gasteiger partial charge in [-0.1, -0.05) is 42.1 Å². The van der Waals surface area contributed by atoms with Crippen LogP contribution in [0.4, 0.5) is 4.39 Å². The number of rotatable bonds is 4. The fourth-order valence-corrected chi connectivity index (χ4v) is 3.53. The summed E-state index contributed by atoms with van der Waals surface area (Å²) in [5, 5.41) is 9.86. The first-order valence-corrected chi connectivity index (χ1v) is 8.68. The summed E-state index contributed by atoms with van der Waals surface area (Å²) in [6.45, 7) is 0. The molecule has 0 amide bonds. The number of nitrogens with zero attached hydrogens (tertiary/aromatic N) is 2. The van der Waals surface area contributed by atoms with Crippen LogP contribution in [0.2, 0.25) is 0 Å². The zero-order valence-electron chi connectivity index (χ0n) is 13.3. The smallest absolute Gasteiger partial charge is 0.313 e. The molecular weight excluding hydrogens is 357 g/mol. The largest absolute Gasteiger partial charge is 0.481 e. The summed E-state index contributed by atoms with van der Waals surface area (Å²) < 4.78 is 15.4. The van der Waals surface area contributed by atoms with Crippen LogP contribution in [0.15, 0.2) is 58.5 Å². The second-order valence-electron chi connectivity index (χ2n) is 5.56. The Kier molecular flexibility index (Phi) is 3.96. The van der Waals surface area contributed by atoms with Crippen LogP contribution in [0.25, 0.3) is 27.6 Å². The van der Waals surface area contributed by atoms with Gasteiger partial charge in [0.2, 0.25) is 0 Å². The summed E-state index contributed by atoms with van der Waals surface area (Å²) in [5.41, 5.74) is 0.954. The summed E-state index contributed by atoms with van der Waals surface area (Å²) in [7, 11) is 0. The number of hydrogen-bond acceptors (Lipinski definition) is 4. The van der Waals surface area contributed by atoms with E-state index in [0.717, 1.165) is 27.2 Å². The van der Waals surface area contributed by atoms with Gasteiger partial charge in [0.1, 0.15) is 16.9 Å². The maximum Gasteiger partial charge on any atom is 0.313 e. The third-order valence-electron chi connectivity index (χ3n) is 3.91. The van der Waals surface area contributed by atoms with Gasteiger partial charge in [0, 0.05) is 10.9 Å². The summed E-state index contributed by atoms with van der Waals surface area (Å²) in [6, 6.07) is 13.1. The number of aliphatic carboxylic acids is 1. The third-order valence-corrected chi connectivity index (χ3v) is 4.84. The normalized spacial score (nSPS) is 11.3. The molecule has 0 aliphatic carbocycles. The highest BCUT2D eigenvalue weighted by Gasteiger charge is 2.19. The number of aromatic nitrogens is 3. The second-order valence-corrected chi connectivity index (χ2v) is 6.51. The van der Waals surface area contributed by atoms with Gasteiger partial charge in [0.25, 0.3) is 5.56 Å². The Bertz CT molecular complexity index is 1220. The fraction of sp³-hybridized carbons (Fsp3) is 0.0556. The highest BCUT2D eigenvalue weighted by molar-refractivity contribution is 7.99. The first kappa shape index (κ1) is 16.3. The maximum absolute atomic E-state index is 14.3. The van der Waals surface area contributed by atoms with Crippen molar-refractivity contribution in [3.05, 3.63) is 64.7 Å². The van der Waals surface area contributed by atoms with Crippen molar-refractivity contribution in [1.29, 1.82) is 0 Å². The monoisotopic (exact) mass is 369 g/mol. The molecule has 8 heteroatoms. The van der Waals surface area contributed by atoms with Crippen LogP contribution in [-0.2, 0) is 4.79 Å². The maximum atomic E-state index is 14.3. The summed E-state index contributed by atoms with van der Waals surface area (Å²) >= 11 is 0.871. The molecule has 0 bridgehead atoms. The lowest BCUT2D eigenvalue weighted by molar-refractivity contribution is -0.133. The minimum Gasteiger partial charge on any atom is -0.481 e. The van der Waals surface area contributed by atoms with Crippen molar-refractivity contribution in [2.45, 2.75) is 5.16 Å². The van der Waals surface area contributed by atoms with Gasteiger partial charge in [0.05, 0.1) is 11.4 Å². The van der Waals surface area contributed by atoms with Crippen molar-refractivity contribution < 1.29 is 14.3 Å². The number of fused-ring (bicyclic) bond motifs is 3. The number of para-hydroxylation sites is 2. The highest BCUT2D eigenvalue weighted by atomic mass is 32.2. The van der Waals surface area contributed by atoms with Gasteiger partial charge < -0.3 is 10.1 Å². The molecule has 2 heterocycles. The van der Waals surface area contributed by atoms with Gasteiger partial charge in [-0.05, 0) is 18.2 Å². The molecule has 2 aromatic carbocycles. The molecule has 0 radical (unpaired) electrons. The number of carbonyl (C=O) groups is 1. The van der Waals surface area contributed by atoms with E-state index < -0.39 is 17.3 Å². The molecule has 0 aliphatic heterocycles. The molecule has 0 fully saturated rings. The molecule has 0 saturated carbocycles. The summed E-state index contributed by atoms with van der Waals surface area (Å²) in [5.74, 6) is -1.94. The SMILES string of the molecule is O=C(O)CSc1nc2c([nH]c3ccccc32)c(=O)n1-c1ccccc1F. The van der Waals surface area contributed by atoms with E-state index in [2.05, 4.69) is 9.97 Å². The van der Waals surface area contributed by atoms with Crippen LogP contribution >= 0.6 is 11.8 Å². The van der Waals surface area contributed by atoms with Crippen molar-refractivity contribution in [3.63, 3.8) is 0 Å². The van der Waals surface area contributed by atoms with E-state index >= 15 is 0 Å². The van der Waals surface area contributed by atoms with Crippen molar-refractivity contribution in [2.24, 2.45) is 0 Å². The Morgan fingerprint density at radius 1 is 1.19 bits per heavy atom. The zero-order chi connectivity index (χ0) is 18.3. The molecule has 0 unspecified atom stereocenters. The second kappa shape index (κ2) is 6.30. The van der Waals surface area contributed by atoms with Gasteiger partial charge >= 0.3 is 5.97 Å². The number of carboxylic acid groups (broad SMARTS) is 1. The Hall–Kier alpha value is -3.13. The van der Waals surface area contributed by atoms with Crippen LogP contribution in [0.1, 0.15) is 0 Å². The number of thioether (sulfide) groups is 1.